The molecule has 0 bridgehead atoms. The average molecular weight is 220 g/mol. The van der Waals surface area contributed by atoms with Crippen molar-refractivity contribution >= 4 is 11.0 Å². The molecule has 2 heterocycles. The summed E-state index contributed by atoms with van der Waals surface area (Å²) in [6.07, 6.45) is 0. The largest absolute Gasteiger partial charge is 0.492 e. The highest BCUT2D eigenvalue weighted by Crippen LogP contribution is 2.45. The van der Waals surface area contributed by atoms with E-state index in [0.29, 0.717) is 28.2 Å². The molecule has 0 radical (unpaired) electrons. The van der Waals surface area contributed by atoms with Gasteiger partial charge in [0.25, 0.3) is 0 Å². The molecule has 0 saturated heterocycles. The summed E-state index contributed by atoms with van der Waals surface area (Å²) in [5.74, 6) is 1.59. The first kappa shape index (κ1) is 9.08. The molecule has 1 aromatic heterocycles. The molecule has 1 aliphatic rings. The Morgan fingerprint density at radius 3 is 3.00 bits per heavy atom. The van der Waals surface area contributed by atoms with E-state index in [9.17, 15) is 4.79 Å². The molecule has 82 valence electrons. The summed E-state index contributed by atoms with van der Waals surface area (Å²) in [7, 11) is 1.53. The SMILES string of the molecule is COc1c2c(cc3oc(=O)ccc13)OCO2. The zero-order chi connectivity index (χ0) is 11.1. The number of ether oxygens (including phenoxy) is 3. The molecule has 0 unspecified atom stereocenters. The van der Waals surface area contributed by atoms with Crippen LogP contribution in [-0.4, -0.2) is 13.9 Å². The summed E-state index contributed by atoms with van der Waals surface area (Å²) in [5.41, 5.74) is 0.0158. The van der Waals surface area contributed by atoms with Gasteiger partial charge < -0.3 is 18.6 Å². The number of fused-ring (bicyclic) bond motifs is 2. The number of hydrogen-bond donors (Lipinski definition) is 0. The van der Waals surface area contributed by atoms with Crippen molar-refractivity contribution in [3.63, 3.8) is 0 Å². The lowest BCUT2D eigenvalue weighted by molar-refractivity contribution is 0.171. The van der Waals surface area contributed by atoms with Crippen molar-refractivity contribution in [2.75, 3.05) is 13.9 Å². The molecule has 0 saturated carbocycles. The lowest BCUT2D eigenvalue weighted by Gasteiger charge is -2.07. The van der Waals surface area contributed by atoms with Gasteiger partial charge in [-0.3, -0.25) is 0 Å². The van der Waals surface area contributed by atoms with E-state index in [1.54, 1.807) is 12.1 Å². The zero-order valence-corrected chi connectivity index (χ0v) is 8.48. The monoisotopic (exact) mass is 220 g/mol. The third kappa shape index (κ3) is 1.14. The van der Waals surface area contributed by atoms with Crippen molar-refractivity contribution in [1.29, 1.82) is 0 Å². The number of hydrogen-bond acceptors (Lipinski definition) is 5. The van der Waals surface area contributed by atoms with Crippen LogP contribution in [0.3, 0.4) is 0 Å². The van der Waals surface area contributed by atoms with E-state index in [-0.39, 0.29) is 6.79 Å². The van der Waals surface area contributed by atoms with Gasteiger partial charge in [-0.2, -0.15) is 0 Å². The van der Waals surface area contributed by atoms with Gasteiger partial charge in [0.05, 0.1) is 12.5 Å². The van der Waals surface area contributed by atoms with Crippen LogP contribution in [0.15, 0.2) is 27.4 Å². The van der Waals surface area contributed by atoms with Crippen LogP contribution < -0.4 is 19.8 Å². The minimum atomic E-state index is -0.409. The molecule has 0 atom stereocenters. The van der Waals surface area contributed by atoms with Gasteiger partial charge in [-0.15, -0.1) is 0 Å². The molecule has 0 fully saturated rings. The summed E-state index contributed by atoms with van der Waals surface area (Å²) in [6.45, 7) is 0.145. The van der Waals surface area contributed by atoms with Crippen molar-refractivity contribution in [3.05, 3.63) is 28.6 Å². The van der Waals surface area contributed by atoms with Crippen molar-refractivity contribution in [1.82, 2.24) is 0 Å². The highest BCUT2D eigenvalue weighted by Gasteiger charge is 2.22. The maximum Gasteiger partial charge on any atom is 0.336 e. The Morgan fingerprint density at radius 2 is 2.19 bits per heavy atom. The van der Waals surface area contributed by atoms with Crippen molar-refractivity contribution in [2.45, 2.75) is 0 Å². The van der Waals surface area contributed by atoms with Crippen LogP contribution in [0.25, 0.3) is 11.0 Å². The van der Waals surface area contributed by atoms with Crippen molar-refractivity contribution in [2.24, 2.45) is 0 Å². The lowest BCUT2D eigenvalue weighted by Crippen LogP contribution is -1.96. The Labute approximate surface area is 90.1 Å². The third-order valence-corrected chi connectivity index (χ3v) is 2.42. The molecule has 5 nitrogen and oxygen atoms in total. The second-order valence-electron chi connectivity index (χ2n) is 3.31. The normalized spacial score (nSPS) is 13.1. The maximum atomic E-state index is 11.1. The predicted octanol–water partition coefficient (Wildman–Crippen LogP) is 1.53. The first-order valence-corrected chi connectivity index (χ1v) is 4.70. The molecule has 2 aromatic rings. The molecule has 3 rings (SSSR count). The summed E-state index contributed by atoms with van der Waals surface area (Å²) in [4.78, 5) is 11.1. The highest BCUT2D eigenvalue weighted by molar-refractivity contribution is 5.89. The second-order valence-corrected chi connectivity index (χ2v) is 3.31. The first-order chi connectivity index (χ1) is 7.79. The summed E-state index contributed by atoms with van der Waals surface area (Å²) < 4.78 is 20.8. The first-order valence-electron chi connectivity index (χ1n) is 4.70. The third-order valence-electron chi connectivity index (χ3n) is 2.42. The quantitative estimate of drug-likeness (QED) is 0.682. The molecule has 16 heavy (non-hydrogen) atoms. The minimum absolute atomic E-state index is 0.145. The van der Waals surface area contributed by atoms with Gasteiger partial charge in [0.15, 0.2) is 11.5 Å². The maximum absolute atomic E-state index is 11.1. The topological polar surface area (TPSA) is 57.9 Å². The summed E-state index contributed by atoms with van der Waals surface area (Å²) >= 11 is 0. The standard InChI is InChI=1S/C11H8O5/c1-13-10-6-2-3-9(12)16-7(6)4-8-11(10)15-5-14-8/h2-4H,5H2,1H3. The van der Waals surface area contributed by atoms with E-state index in [1.165, 1.54) is 13.2 Å². The van der Waals surface area contributed by atoms with Crippen LogP contribution in [0.4, 0.5) is 0 Å². The van der Waals surface area contributed by atoms with Gasteiger partial charge in [0.2, 0.25) is 12.5 Å². The Kier molecular flexibility index (Phi) is 1.80. The molecule has 5 heteroatoms. The summed E-state index contributed by atoms with van der Waals surface area (Å²) in [6, 6.07) is 4.61. The Morgan fingerprint density at radius 1 is 1.31 bits per heavy atom. The van der Waals surface area contributed by atoms with Crippen LogP contribution >= 0.6 is 0 Å². The van der Waals surface area contributed by atoms with E-state index >= 15 is 0 Å². The van der Waals surface area contributed by atoms with Crippen LogP contribution in [0.1, 0.15) is 0 Å². The fraction of sp³-hybridized carbons (Fsp3) is 0.182. The van der Waals surface area contributed by atoms with E-state index in [1.807, 2.05) is 0 Å². The number of rotatable bonds is 1. The molecule has 0 aliphatic carbocycles. The van der Waals surface area contributed by atoms with Crippen LogP contribution in [0.5, 0.6) is 17.2 Å². The summed E-state index contributed by atoms with van der Waals surface area (Å²) in [5, 5.41) is 0.686. The van der Waals surface area contributed by atoms with Crippen molar-refractivity contribution < 1.29 is 18.6 Å². The highest BCUT2D eigenvalue weighted by atomic mass is 16.7. The van der Waals surface area contributed by atoms with Gasteiger partial charge in [-0.05, 0) is 6.07 Å². The van der Waals surface area contributed by atoms with E-state index in [4.69, 9.17) is 18.6 Å². The smallest absolute Gasteiger partial charge is 0.336 e. The lowest BCUT2D eigenvalue weighted by atomic mass is 10.2. The van der Waals surface area contributed by atoms with E-state index < -0.39 is 5.63 Å². The predicted molar refractivity (Wildman–Crippen MR) is 55.2 cm³/mol. The van der Waals surface area contributed by atoms with Gasteiger partial charge in [-0.25, -0.2) is 4.79 Å². The average Bonchev–Trinajstić information content (AvgIpc) is 2.73. The second kappa shape index (κ2) is 3.16. The molecule has 1 aromatic carbocycles. The fourth-order valence-corrected chi connectivity index (χ4v) is 1.74. The van der Waals surface area contributed by atoms with Gasteiger partial charge in [-0.1, -0.05) is 0 Å². The molecule has 0 spiro atoms. The van der Waals surface area contributed by atoms with Crippen LogP contribution in [-0.2, 0) is 0 Å². The van der Waals surface area contributed by atoms with Gasteiger partial charge in [0.1, 0.15) is 5.58 Å². The van der Waals surface area contributed by atoms with Crippen LogP contribution in [0, 0.1) is 0 Å². The molecular weight excluding hydrogens is 212 g/mol. The Balaban J connectivity index is 2.43. The fourth-order valence-electron chi connectivity index (χ4n) is 1.74. The molecule has 0 N–H and O–H groups in total. The zero-order valence-electron chi connectivity index (χ0n) is 8.48. The molecule has 1 aliphatic heterocycles. The van der Waals surface area contributed by atoms with Crippen LogP contribution in [0.2, 0.25) is 0 Å². The molecular formula is C11H8O5. The van der Waals surface area contributed by atoms with E-state index in [0.717, 1.165) is 0 Å². The van der Waals surface area contributed by atoms with E-state index in [2.05, 4.69) is 0 Å². The Bertz CT molecular complexity index is 614. The Hall–Kier alpha value is -2.17. The number of methoxy groups -OCH3 is 1. The number of benzene rings is 1. The van der Waals surface area contributed by atoms with Gasteiger partial charge >= 0.3 is 5.63 Å². The van der Waals surface area contributed by atoms with Crippen molar-refractivity contribution in [3.8, 4) is 17.2 Å². The molecule has 0 amide bonds. The minimum Gasteiger partial charge on any atom is -0.492 e. The van der Waals surface area contributed by atoms with Gasteiger partial charge in [0, 0.05) is 12.1 Å².